The van der Waals surface area contributed by atoms with Crippen molar-refractivity contribution in [3.8, 4) is 11.5 Å². The van der Waals surface area contributed by atoms with Gasteiger partial charge in [0, 0.05) is 23.9 Å². The molecular formula is C19H25N3O3. The Hall–Kier alpha value is -2.50. The van der Waals surface area contributed by atoms with Gasteiger partial charge in [-0.1, -0.05) is 0 Å². The lowest BCUT2D eigenvalue weighted by molar-refractivity contribution is -0.133. The van der Waals surface area contributed by atoms with Crippen molar-refractivity contribution >= 4 is 5.91 Å². The minimum atomic E-state index is 0.0327. The molecule has 2 heterocycles. The Labute approximate surface area is 148 Å². The smallest absolute Gasteiger partial charge is 0.244 e. The van der Waals surface area contributed by atoms with E-state index in [9.17, 15) is 4.79 Å². The summed E-state index contributed by atoms with van der Waals surface area (Å²) in [4.78, 5) is 14.8. The average Bonchev–Trinajstić information content (AvgIpc) is 3.20. The van der Waals surface area contributed by atoms with Gasteiger partial charge in [0.15, 0.2) is 0 Å². The topological polar surface area (TPSA) is 56.6 Å². The highest BCUT2D eigenvalue weighted by atomic mass is 16.5. The van der Waals surface area contributed by atoms with Crippen molar-refractivity contribution in [2.75, 3.05) is 20.8 Å². The second-order valence-electron chi connectivity index (χ2n) is 6.44. The fourth-order valence-electron chi connectivity index (χ4n) is 3.54. The van der Waals surface area contributed by atoms with E-state index in [4.69, 9.17) is 9.47 Å². The minimum absolute atomic E-state index is 0.0327. The number of benzene rings is 1. The third-order valence-corrected chi connectivity index (χ3v) is 4.76. The van der Waals surface area contributed by atoms with Gasteiger partial charge in [-0.3, -0.25) is 9.48 Å². The van der Waals surface area contributed by atoms with Gasteiger partial charge in [0.25, 0.3) is 0 Å². The molecule has 0 bridgehead atoms. The van der Waals surface area contributed by atoms with E-state index >= 15 is 0 Å². The first-order valence-electron chi connectivity index (χ1n) is 8.56. The van der Waals surface area contributed by atoms with E-state index in [0.29, 0.717) is 0 Å². The Bertz CT molecular complexity index is 769. The van der Waals surface area contributed by atoms with Gasteiger partial charge in [-0.15, -0.1) is 0 Å². The van der Waals surface area contributed by atoms with Crippen LogP contribution in [-0.2, 0) is 11.3 Å². The Morgan fingerprint density at radius 3 is 2.68 bits per heavy atom. The molecule has 1 saturated heterocycles. The Morgan fingerprint density at radius 1 is 1.24 bits per heavy atom. The number of nitrogens with zero attached hydrogens (tertiary/aromatic N) is 3. The van der Waals surface area contributed by atoms with Crippen LogP contribution in [0.4, 0.5) is 0 Å². The van der Waals surface area contributed by atoms with Crippen molar-refractivity contribution < 1.29 is 14.3 Å². The normalized spacial score (nSPS) is 17.0. The minimum Gasteiger partial charge on any atom is -0.497 e. The largest absolute Gasteiger partial charge is 0.497 e. The van der Waals surface area contributed by atoms with Gasteiger partial charge in [-0.2, -0.15) is 5.10 Å². The van der Waals surface area contributed by atoms with Crippen molar-refractivity contribution in [3.05, 3.63) is 41.2 Å². The fourth-order valence-corrected chi connectivity index (χ4v) is 3.54. The summed E-state index contributed by atoms with van der Waals surface area (Å²) in [5.74, 6) is 1.60. The molecule has 0 aliphatic carbocycles. The number of hydrogen-bond acceptors (Lipinski definition) is 4. The molecule has 1 atom stereocenters. The van der Waals surface area contributed by atoms with Gasteiger partial charge in [-0.25, -0.2) is 0 Å². The highest BCUT2D eigenvalue weighted by Gasteiger charge is 2.32. The molecular weight excluding hydrogens is 318 g/mol. The first-order chi connectivity index (χ1) is 12.0. The summed E-state index contributed by atoms with van der Waals surface area (Å²) in [5, 5.41) is 4.40. The van der Waals surface area contributed by atoms with Crippen LogP contribution in [0.2, 0.25) is 0 Å². The lowest BCUT2D eigenvalue weighted by atomic mass is 10.0. The summed E-state index contributed by atoms with van der Waals surface area (Å²) in [5.41, 5.74) is 2.96. The van der Waals surface area contributed by atoms with Gasteiger partial charge in [0.1, 0.15) is 18.0 Å². The summed E-state index contributed by atoms with van der Waals surface area (Å²) in [7, 11) is 3.28. The monoisotopic (exact) mass is 343 g/mol. The predicted octanol–water partition coefficient (Wildman–Crippen LogP) is 2.88. The van der Waals surface area contributed by atoms with Crippen LogP contribution < -0.4 is 9.47 Å². The molecule has 1 fully saturated rings. The first-order valence-corrected chi connectivity index (χ1v) is 8.56. The highest BCUT2D eigenvalue weighted by Crippen LogP contribution is 2.38. The average molecular weight is 343 g/mol. The van der Waals surface area contributed by atoms with E-state index in [1.807, 2.05) is 43.0 Å². The Kier molecular flexibility index (Phi) is 4.97. The van der Waals surface area contributed by atoms with E-state index in [1.165, 1.54) is 0 Å². The number of carbonyl (C=O) groups excluding carboxylic acids is 1. The lowest BCUT2D eigenvalue weighted by Gasteiger charge is -2.26. The van der Waals surface area contributed by atoms with E-state index in [-0.39, 0.29) is 18.5 Å². The van der Waals surface area contributed by atoms with E-state index < -0.39 is 0 Å². The number of aryl methyl sites for hydroxylation is 2. The predicted molar refractivity (Wildman–Crippen MR) is 94.9 cm³/mol. The lowest BCUT2D eigenvalue weighted by Crippen LogP contribution is -2.34. The molecule has 2 aromatic rings. The molecule has 0 spiro atoms. The molecule has 0 saturated carbocycles. The van der Waals surface area contributed by atoms with Crippen LogP contribution in [0.5, 0.6) is 11.5 Å². The summed E-state index contributed by atoms with van der Waals surface area (Å²) >= 11 is 0. The molecule has 25 heavy (non-hydrogen) atoms. The van der Waals surface area contributed by atoms with E-state index in [0.717, 1.165) is 47.8 Å². The van der Waals surface area contributed by atoms with Crippen LogP contribution in [0.15, 0.2) is 24.3 Å². The molecule has 1 amide bonds. The summed E-state index contributed by atoms with van der Waals surface area (Å²) < 4.78 is 12.6. The van der Waals surface area contributed by atoms with E-state index in [2.05, 4.69) is 5.10 Å². The number of methoxy groups -OCH3 is 2. The Balaban J connectivity index is 1.83. The second-order valence-corrected chi connectivity index (χ2v) is 6.44. The molecule has 1 aromatic carbocycles. The molecule has 3 rings (SSSR count). The zero-order valence-electron chi connectivity index (χ0n) is 15.3. The molecule has 1 aliphatic rings. The molecule has 6 heteroatoms. The first kappa shape index (κ1) is 17.3. The van der Waals surface area contributed by atoms with Gasteiger partial charge in [0.2, 0.25) is 5.91 Å². The molecule has 1 aliphatic heterocycles. The second kappa shape index (κ2) is 7.17. The number of aromatic nitrogens is 2. The van der Waals surface area contributed by atoms with Gasteiger partial charge in [0.05, 0.1) is 26.0 Å². The number of hydrogen-bond donors (Lipinski definition) is 0. The molecule has 1 unspecified atom stereocenters. The SMILES string of the molecule is COc1ccc(C2CCCN2C(=O)Cn2nc(C)cc2C)c(OC)c1. The van der Waals surface area contributed by atoms with Crippen LogP contribution >= 0.6 is 0 Å². The summed E-state index contributed by atoms with van der Waals surface area (Å²) in [6.45, 7) is 4.95. The maximum Gasteiger partial charge on any atom is 0.244 e. The number of amides is 1. The maximum atomic E-state index is 12.9. The summed E-state index contributed by atoms with van der Waals surface area (Å²) in [6, 6.07) is 7.81. The van der Waals surface area contributed by atoms with Crippen molar-refractivity contribution in [2.24, 2.45) is 0 Å². The maximum absolute atomic E-state index is 12.9. The van der Waals surface area contributed by atoms with Crippen LogP contribution in [0.3, 0.4) is 0 Å². The van der Waals surface area contributed by atoms with Crippen LogP contribution in [0, 0.1) is 13.8 Å². The van der Waals surface area contributed by atoms with Crippen LogP contribution in [0.25, 0.3) is 0 Å². The van der Waals surface area contributed by atoms with Gasteiger partial charge >= 0.3 is 0 Å². The molecule has 134 valence electrons. The van der Waals surface area contributed by atoms with Gasteiger partial charge in [-0.05, 0) is 44.9 Å². The van der Waals surface area contributed by atoms with Crippen LogP contribution in [-0.4, -0.2) is 41.4 Å². The third-order valence-electron chi connectivity index (χ3n) is 4.76. The van der Waals surface area contributed by atoms with Crippen molar-refractivity contribution in [2.45, 2.75) is 39.3 Å². The zero-order chi connectivity index (χ0) is 18.0. The van der Waals surface area contributed by atoms with E-state index in [1.54, 1.807) is 18.9 Å². The van der Waals surface area contributed by atoms with Crippen molar-refractivity contribution in [1.82, 2.24) is 14.7 Å². The number of carbonyl (C=O) groups is 1. The third kappa shape index (κ3) is 3.48. The number of ether oxygens (including phenoxy) is 2. The quantitative estimate of drug-likeness (QED) is 0.838. The molecule has 6 nitrogen and oxygen atoms in total. The standard InChI is InChI=1S/C19H25N3O3/c1-13-10-14(2)22(20-13)12-19(23)21-9-5-6-17(21)16-8-7-15(24-3)11-18(16)25-4/h7-8,10-11,17H,5-6,9,12H2,1-4H3. The summed E-state index contributed by atoms with van der Waals surface area (Å²) in [6.07, 6.45) is 1.92. The fraction of sp³-hybridized carbons (Fsp3) is 0.474. The molecule has 0 radical (unpaired) electrons. The highest BCUT2D eigenvalue weighted by molar-refractivity contribution is 5.77. The number of rotatable bonds is 5. The Morgan fingerprint density at radius 2 is 2.04 bits per heavy atom. The molecule has 0 N–H and O–H groups in total. The zero-order valence-corrected chi connectivity index (χ0v) is 15.3. The number of likely N-dealkylation sites (tertiary alicyclic amines) is 1. The van der Waals surface area contributed by atoms with Gasteiger partial charge < -0.3 is 14.4 Å². The van der Waals surface area contributed by atoms with Crippen molar-refractivity contribution in [1.29, 1.82) is 0 Å². The molecule has 1 aromatic heterocycles. The van der Waals surface area contributed by atoms with Crippen molar-refractivity contribution in [3.63, 3.8) is 0 Å². The van der Waals surface area contributed by atoms with Crippen LogP contribution in [0.1, 0.15) is 35.8 Å².